The van der Waals surface area contributed by atoms with Gasteiger partial charge in [-0.2, -0.15) is 0 Å². The van der Waals surface area contributed by atoms with Gasteiger partial charge in [0.2, 0.25) is 11.6 Å². The van der Waals surface area contributed by atoms with Crippen molar-refractivity contribution in [1.82, 2.24) is 0 Å². The minimum atomic E-state index is -0.745. The van der Waals surface area contributed by atoms with Crippen molar-refractivity contribution in [3.8, 4) is 0 Å². The van der Waals surface area contributed by atoms with Crippen LogP contribution in [0.2, 0.25) is 0 Å². The third-order valence-electron chi connectivity index (χ3n) is 1.72. The molecule has 6 nitrogen and oxygen atoms in total. The third-order valence-corrected chi connectivity index (χ3v) is 1.72. The minimum Gasteiger partial charge on any atom is -0.361 e. The largest absolute Gasteiger partial charge is 0.361 e. The summed E-state index contributed by atoms with van der Waals surface area (Å²) in [4.78, 5) is 10.2. The Hall–Kier alpha value is -1.14. The molecule has 0 aromatic rings. The van der Waals surface area contributed by atoms with Crippen LogP contribution in [0.5, 0.6) is 0 Å². The molecular formula is C12H24N2O4. The van der Waals surface area contributed by atoms with Gasteiger partial charge in [-0.1, -0.05) is 10.3 Å². The highest BCUT2D eigenvalue weighted by Gasteiger charge is 2.19. The summed E-state index contributed by atoms with van der Waals surface area (Å²) in [6.07, 6.45) is 2.76. The molecule has 6 heteroatoms. The average molecular weight is 260 g/mol. The summed E-state index contributed by atoms with van der Waals surface area (Å²) in [7, 11) is 0. The molecule has 0 N–H and O–H groups in total. The Morgan fingerprint density at radius 1 is 0.778 bits per heavy atom. The number of ether oxygens (including phenoxy) is 2. The summed E-state index contributed by atoms with van der Waals surface area (Å²) < 4.78 is 10.6. The second-order valence-corrected chi connectivity index (χ2v) is 4.36. The van der Waals surface area contributed by atoms with E-state index in [2.05, 4.69) is 10.3 Å². The van der Waals surface area contributed by atoms with Crippen molar-refractivity contribution in [1.29, 1.82) is 0 Å². The van der Waals surface area contributed by atoms with E-state index in [0.717, 1.165) is 0 Å². The van der Waals surface area contributed by atoms with Gasteiger partial charge in [0.05, 0.1) is 12.4 Å². The van der Waals surface area contributed by atoms with E-state index in [1.165, 1.54) is 12.4 Å². The molecule has 0 bridgehead atoms. The van der Waals surface area contributed by atoms with Crippen LogP contribution >= 0.6 is 0 Å². The predicted molar refractivity (Wildman–Crippen MR) is 70.6 cm³/mol. The third kappa shape index (κ3) is 8.95. The highest BCUT2D eigenvalue weighted by molar-refractivity contribution is 6.15. The fraction of sp³-hybridized carbons (Fsp3) is 0.833. The molecule has 0 aliphatic carbocycles. The van der Waals surface area contributed by atoms with Crippen LogP contribution < -0.4 is 0 Å². The lowest BCUT2D eigenvalue weighted by molar-refractivity contribution is -0.211. The van der Waals surface area contributed by atoms with E-state index >= 15 is 0 Å². The van der Waals surface area contributed by atoms with Crippen molar-refractivity contribution in [2.75, 3.05) is 13.2 Å². The van der Waals surface area contributed by atoms with Crippen molar-refractivity contribution in [3.05, 3.63) is 0 Å². The van der Waals surface area contributed by atoms with E-state index in [0.29, 0.717) is 13.2 Å². The van der Waals surface area contributed by atoms with Crippen molar-refractivity contribution in [3.63, 3.8) is 0 Å². The molecule has 0 aromatic carbocycles. The molecule has 0 rings (SSSR count). The quantitative estimate of drug-likeness (QED) is 0.363. The van der Waals surface area contributed by atoms with E-state index in [1.54, 1.807) is 27.7 Å². The van der Waals surface area contributed by atoms with Gasteiger partial charge in [-0.05, 0) is 13.8 Å². The Balaban J connectivity index is 3.95. The summed E-state index contributed by atoms with van der Waals surface area (Å²) in [5, 5.41) is 7.41. The second kappa shape index (κ2) is 8.05. The Bertz CT molecular complexity index is 247. The van der Waals surface area contributed by atoms with Crippen LogP contribution in [0.1, 0.15) is 41.5 Å². The normalized spacial score (nSPS) is 13.4. The molecule has 0 unspecified atom stereocenters. The van der Waals surface area contributed by atoms with Crippen LogP contribution in [0.4, 0.5) is 0 Å². The van der Waals surface area contributed by atoms with Crippen LogP contribution in [-0.2, 0) is 19.1 Å². The first-order valence-electron chi connectivity index (χ1n) is 6.02. The predicted octanol–water partition coefficient (Wildman–Crippen LogP) is 2.54. The second-order valence-electron chi connectivity index (χ2n) is 4.36. The molecule has 0 spiro atoms. The van der Waals surface area contributed by atoms with Crippen molar-refractivity contribution in [2.24, 2.45) is 10.3 Å². The number of hydrogen-bond acceptors (Lipinski definition) is 6. The van der Waals surface area contributed by atoms with Gasteiger partial charge < -0.3 is 19.1 Å². The fourth-order valence-corrected chi connectivity index (χ4v) is 1.12. The first-order valence-corrected chi connectivity index (χ1v) is 6.02. The van der Waals surface area contributed by atoms with E-state index in [9.17, 15) is 0 Å². The van der Waals surface area contributed by atoms with Gasteiger partial charge in [0.15, 0.2) is 0 Å². The zero-order valence-corrected chi connectivity index (χ0v) is 12.1. The SMILES string of the molecule is CCOC(C)(C)O/N=C\C=N\OC(C)(C)OCC. The topological polar surface area (TPSA) is 61.6 Å². The first kappa shape index (κ1) is 16.9. The van der Waals surface area contributed by atoms with E-state index in [4.69, 9.17) is 19.1 Å². The van der Waals surface area contributed by atoms with Crippen LogP contribution in [0.3, 0.4) is 0 Å². The van der Waals surface area contributed by atoms with Crippen molar-refractivity contribution < 1.29 is 19.1 Å². The number of nitrogens with zero attached hydrogens (tertiary/aromatic N) is 2. The molecule has 0 fully saturated rings. The molecule has 106 valence electrons. The molecule has 0 radical (unpaired) electrons. The summed E-state index contributed by atoms with van der Waals surface area (Å²) in [5.41, 5.74) is 0. The van der Waals surface area contributed by atoms with Gasteiger partial charge in [-0.15, -0.1) is 0 Å². The highest BCUT2D eigenvalue weighted by Crippen LogP contribution is 2.11. The van der Waals surface area contributed by atoms with E-state index in [1.807, 2.05) is 13.8 Å². The molecule has 0 aromatic heterocycles. The van der Waals surface area contributed by atoms with Crippen LogP contribution in [0.25, 0.3) is 0 Å². The maximum atomic E-state index is 5.29. The van der Waals surface area contributed by atoms with Gasteiger partial charge >= 0.3 is 0 Å². The summed E-state index contributed by atoms with van der Waals surface area (Å²) in [6, 6.07) is 0. The van der Waals surface area contributed by atoms with Crippen molar-refractivity contribution >= 4 is 12.4 Å². The Morgan fingerprint density at radius 3 is 1.39 bits per heavy atom. The lowest BCUT2D eigenvalue weighted by atomic mass is 10.4. The molecular weight excluding hydrogens is 236 g/mol. The van der Waals surface area contributed by atoms with Gasteiger partial charge in [0.25, 0.3) is 0 Å². The van der Waals surface area contributed by atoms with E-state index < -0.39 is 11.6 Å². The molecule has 0 atom stereocenters. The standard InChI is InChI=1S/C12H24N2O4/c1-7-15-11(3,4)17-13-9-10-14-18-12(5,6)16-8-2/h9-10H,7-8H2,1-6H3/b13-9-,14-10+. The molecule has 0 saturated carbocycles. The van der Waals surface area contributed by atoms with Crippen molar-refractivity contribution in [2.45, 2.75) is 53.1 Å². The van der Waals surface area contributed by atoms with Gasteiger partial charge in [0.1, 0.15) is 0 Å². The maximum Gasteiger partial charge on any atom is 0.231 e. The lowest BCUT2D eigenvalue weighted by Gasteiger charge is -2.21. The number of rotatable bonds is 9. The summed E-state index contributed by atoms with van der Waals surface area (Å²) in [6.45, 7) is 12.0. The fourth-order valence-electron chi connectivity index (χ4n) is 1.12. The zero-order chi connectivity index (χ0) is 14.1. The molecule has 0 heterocycles. The molecule has 18 heavy (non-hydrogen) atoms. The molecule has 0 aliphatic rings. The van der Waals surface area contributed by atoms with Gasteiger partial charge in [-0.3, -0.25) is 0 Å². The first-order chi connectivity index (χ1) is 8.33. The van der Waals surface area contributed by atoms with Crippen LogP contribution in [0, 0.1) is 0 Å². The lowest BCUT2D eigenvalue weighted by Crippen LogP contribution is -2.26. The summed E-state index contributed by atoms with van der Waals surface area (Å²) >= 11 is 0. The highest BCUT2D eigenvalue weighted by atomic mass is 16.8. The zero-order valence-electron chi connectivity index (χ0n) is 12.1. The monoisotopic (exact) mass is 260 g/mol. The average Bonchev–Trinajstić information content (AvgIpc) is 2.22. The Labute approximate surface area is 109 Å². The van der Waals surface area contributed by atoms with E-state index in [-0.39, 0.29) is 0 Å². The molecule has 0 aliphatic heterocycles. The summed E-state index contributed by atoms with van der Waals surface area (Å²) in [5.74, 6) is -1.49. The number of oxime groups is 2. The molecule has 0 saturated heterocycles. The number of hydrogen-bond donors (Lipinski definition) is 0. The smallest absolute Gasteiger partial charge is 0.231 e. The van der Waals surface area contributed by atoms with Crippen LogP contribution in [-0.4, -0.2) is 37.2 Å². The Morgan fingerprint density at radius 2 is 1.11 bits per heavy atom. The maximum absolute atomic E-state index is 5.29. The Kier molecular flexibility index (Phi) is 7.54. The minimum absolute atomic E-state index is 0.558. The van der Waals surface area contributed by atoms with Crippen LogP contribution in [0.15, 0.2) is 10.3 Å². The molecule has 0 amide bonds. The van der Waals surface area contributed by atoms with Gasteiger partial charge in [0, 0.05) is 40.9 Å². The van der Waals surface area contributed by atoms with Gasteiger partial charge in [-0.25, -0.2) is 0 Å².